The predicted molar refractivity (Wildman–Crippen MR) is 83.6 cm³/mol. The summed E-state index contributed by atoms with van der Waals surface area (Å²) < 4.78 is 10.6. The highest BCUT2D eigenvalue weighted by Crippen LogP contribution is 2.22. The molecule has 1 aromatic carbocycles. The molecule has 0 spiro atoms. The molecule has 1 N–H and O–H groups in total. The van der Waals surface area contributed by atoms with E-state index in [-0.39, 0.29) is 19.6 Å². The fourth-order valence-electron chi connectivity index (χ4n) is 2.38. The van der Waals surface area contributed by atoms with Crippen molar-refractivity contribution in [2.75, 3.05) is 6.54 Å². The van der Waals surface area contributed by atoms with Crippen molar-refractivity contribution in [3.63, 3.8) is 0 Å². The summed E-state index contributed by atoms with van der Waals surface area (Å²) in [5, 5.41) is 9.79. The van der Waals surface area contributed by atoms with Gasteiger partial charge < -0.3 is 14.6 Å². The molecule has 1 aliphatic heterocycles. The molecule has 0 aliphatic carbocycles. The Morgan fingerprint density at radius 2 is 1.91 bits per heavy atom. The number of nitrogens with zero attached hydrogens (tertiary/aromatic N) is 1. The van der Waals surface area contributed by atoms with E-state index in [1.807, 2.05) is 30.3 Å². The molecule has 1 aromatic rings. The summed E-state index contributed by atoms with van der Waals surface area (Å²) >= 11 is 0. The van der Waals surface area contributed by atoms with Crippen molar-refractivity contribution in [1.82, 2.24) is 4.90 Å². The number of ether oxygens (including phenoxy) is 2. The average Bonchev–Trinajstić information content (AvgIpc) is 2.86. The summed E-state index contributed by atoms with van der Waals surface area (Å²) in [5.41, 5.74) is 0.201. The van der Waals surface area contributed by atoms with Crippen molar-refractivity contribution < 1.29 is 24.2 Å². The van der Waals surface area contributed by atoms with E-state index < -0.39 is 29.8 Å². The molecule has 0 aromatic heterocycles. The number of hydrogen-bond donors (Lipinski definition) is 1. The lowest BCUT2D eigenvalue weighted by molar-refractivity contribution is -0.150. The summed E-state index contributed by atoms with van der Waals surface area (Å²) in [6, 6.07) is 8.47. The summed E-state index contributed by atoms with van der Waals surface area (Å²) in [7, 11) is 0. The normalized spacial score (nSPS) is 21.1. The lowest BCUT2D eigenvalue weighted by Crippen LogP contribution is -2.44. The van der Waals surface area contributed by atoms with Crippen LogP contribution in [0.5, 0.6) is 0 Å². The molecule has 0 bridgehead atoms. The maximum absolute atomic E-state index is 12.3. The highest BCUT2D eigenvalue weighted by Gasteiger charge is 2.41. The van der Waals surface area contributed by atoms with Gasteiger partial charge in [-0.3, -0.25) is 4.90 Å². The first-order chi connectivity index (χ1) is 10.8. The third-order valence-corrected chi connectivity index (χ3v) is 3.40. The predicted octanol–water partition coefficient (Wildman–Crippen LogP) is 2.10. The number of benzene rings is 1. The molecule has 0 radical (unpaired) electrons. The second-order valence-electron chi connectivity index (χ2n) is 6.63. The number of hydrogen-bond acceptors (Lipinski definition) is 5. The highest BCUT2D eigenvalue weighted by atomic mass is 16.6. The SMILES string of the molecule is CC(C)(C)OC(=O)N1CC(O)C[C@@H]1C(=O)OCc1ccccc1. The second kappa shape index (κ2) is 7.00. The van der Waals surface area contributed by atoms with Gasteiger partial charge in [0.2, 0.25) is 0 Å². The summed E-state index contributed by atoms with van der Waals surface area (Å²) in [6.07, 6.45) is -1.21. The fourth-order valence-corrected chi connectivity index (χ4v) is 2.38. The second-order valence-corrected chi connectivity index (χ2v) is 6.63. The van der Waals surface area contributed by atoms with Gasteiger partial charge in [-0.2, -0.15) is 0 Å². The lowest BCUT2D eigenvalue weighted by Gasteiger charge is -2.27. The summed E-state index contributed by atoms with van der Waals surface area (Å²) in [4.78, 5) is 25.7. The van der Waals surface area contributed by atoms with E-state index >= 15 is 0 Å². The Kier molecular flexibility index (Phi) is 5.26. The fraction of sp³-hybridized carbons (Fsp3) is 0.529. The molecular formula is C17H23NO5. The van der Waals surface area contributed by atoms with Crippen LogP contribution in [0, 0.1) is 0 Å². The monoisotopic (exact) mass is 321 g/mol. The smallest absolute Gasteiger partial charge is 0.411 e. The van der Waals surface area contributed by atoms with Crippen LogP contribution in [-0.4, -0.2) is 46.4 Å². The minimum Gasteiger partial charge on any atom is -0.459 e. The molecule has 1 fully saturated rings. The first kappa shape index (κ1) is 17.3. The summed E-state index contributed by atoms with van der Waals surface area (Å²) in [6.45, 7) is 5.45. The van der Waals surface area contributed by atoms with Crippen molar-refractivity contribution in [3.05, 3.63) is 35.9 Å². The molecule has 0 saturated carbocycles. The molecule has 1 saturated heterocycles. The molecule has 2 rings (SSSR count). The zero-order chi connectivity index (χ0) is 17.0. The number of carbonyl (C=O) groups is 2. The molecule has 6 nitrogen and oxygen atoms in total. The van der Waals surface area contributed by atoms with Crippen LogP contribution in [0.15, 0.2) is 30.3 Å². The van der Waals surface area contributed by atoms with Crippen LogP contribution in [0.3, 0.4) is 0 Å². The van der Waals surface area contributed by atoms with Gasteiger partial charge in [-0.25, -0.2) is 9.59 Å². The first-order valence-corrected chi connectivity index (χ1v) is 7.64. The molecule has 1 aliphatic rings. The standard InChI is InChI=1S/C17H23NO5/c1-17(2,3)23-16(21)18-10-13(19)9-14(18)15(20)22-11-12-7-5-4-6-8-12/h4-8,13-14,19H,9-11H2,1-3H3/t13?,14-/m1/s1. The van der Waals surface area contributed by atoms with Gasteiger partial charge in [-0.15, -0.1) is 0 Å². The molecule has 1 amide bonds. The van der Waals surface area contributed by atoms with Crippen molar-refractivity contribution in [2.45, 2.75) is 51.5 Å². The van der Waals surface area contributed by atoms with E-state index in [4.69, 9.17) is 9.47 Å². The Morgan fingerprint density at radius 1 is 1.26 bits per heavy atom. The quantitative estimate of drug-likeness (QED) is 0.863. The maximum Gasteiger partial charge on any atom is 0.411 e. The van der Waals surface area contributed by atoms with Crippen LogP contribution in [0.4, 0.5) is 4.79 Å². The van der Waals surface area contributed by atoms with Gasteiger partial charge in [-0.05, 0) is 26.3 Å². The van der Waals surface area contributed by atoms with E-state index in [0.717, 1.165) is 5.56 Å². The molecule has 126 valence electrons. The minimum atomic E-state index is -0.816. The number of esters is 1. The number of aliphatic hydroxyl groups is 1. The van der Waals surface area contributed by atoms with Crippen LogP contribution in [-0.2, 0) is 20.9 Å². The molecule has 1 unspecified atom stereocenters. The molecule has 1 heterocycles. The van der Waals surface area contributed by atoms with Crippen LogP contribution in [0.25, 0.3) is 0 Å². The molecule has 23 heavy (non-hydrogen) atoms. The minimum absolute atomic E-state index is 0.0695. The van der Waals surface area contributed by atoms with E-state index in [2.05, 4.69) is 0 Å². The third kappa shape index (κ3) is 4.96. The first-order valence-electron chi connectivity index (χ1n) is 7.64. The van der Waals surface area contributed by atoms with E-state index in [0.29, 0.717) is 0 Å². The lowest BCUT2D eigenvalue weighted by atomic mass is 10.2. The van der Waals surface area contributed by atoms with Gasteiger partial charge in [0.05, 0.1) is 12.6 Å². The van der Waals surface area contributed by atoms with Crippen molar-refractivity contribution >= 4 is 12.1 Å². The van der Waals surface area contributed by atoms with E-state index in [9.17, 15) is 14.7 Å². The summed E-state index contributed by atoms with van der Waals surface area (Å²) in [5.74, 6) is -0.531. The zero-order valence-electron chi connectivity index (χ0n) is 13.7. The Labute approximate surface area is 136 Å². The van der Waals surface area contributed by atoms with Gasteiger partial charge in [0.25, 0.3) is 0 Å². The maximum atomic E-state index is 12.3. The van der Waals surface area contributed by atoms with Crippen molar-refractivity contribution in [2.24, 2.45) is 0 Å². The Morgan fingerprint density at radius 3 is 2.52 bits per heavy atom. The van der Waals surface area contributed by atoms with Gasteiger partial charge in [0.15, 0.2) is 0 Å². The van der Waals surface area contributed by atoms with Gasteiger partial charge in [-0.1, -0.05) is 30.3 Å². The third-order valence-electron chi connectivity index (χ3n) is 3.40. The largest absolute Gasteiger partial charge is 0.459 e. The van der Waals surface area contributed by atoms with Crippen LogP contribution in [0.1, 0.15) is 32.8 Å². The van der Waals surface area contributed by atoms with Crippen LogP contribution in [0.2, 0.25) is 0 Å². The molecule has 2 atom stereocenters. The number of likely N-dealkylation sites (tertiary alicyclic amines) is 1. The Bertz CT molecular complexity index is 552. The number of carbonyl (C=O) groups excluding carboxylic acids is 2. The average molecular weight is 321 g/mol. The van der Waals surface area contributed by atoms with Crippen molar-refractivity contribution in [3.8, 4) is 0 Å². The number of β-amino-alcohol motifs (C(OH)–C–C–N with tert-alkyl or cyclic N) is 1. The number of aliphatic hydroxyl groups excluding tert-OH is 1. The number of rotatable bonds is 3. The molecular weight excluding hydrogens is 298 g/mol. The Balaban J connectivity index is 1.98. The van der Waals surface area contributed by atoms with Crippen LogP contribution >= 0.6 is 0 Å². The van der Waals surface area contributed by atoms with Gasteiger partial charge in [0, 0.05) is 6.42 Å². The number of amides is 1. The van der Waals surface area contributed by atoms with Gasteiger partial charge >= 0.3 is 12.1 Å². The van der Waals surface area contributed by atoms with Gasteiger partial charge in [0.1, 0.15) is 18.2 Å². The zero-order valence-corrected chi connectivity index (χ0v) is 13.7. The highest BCUT2D eigenvalue weighted by molar-refractivity contribution is 5.82. The topological polar surface area (TPSA) is 76.1 Å². The van der Waals surface area contributed by atoms with E-state index in [1.165, 1.54) is 4.90 Å². The molecule has 6 heteroatoms. The van der Waals surface area contributed by atoms with Crippen LogP contribution < -0.4 is 0 Å². The van der Waals surface area contributed by atoms with E-state index in [1.54, 1.807) is 20.8 Å². The Hall–Kier alpha value is -2.08. The van der Waals surface area contributed by atoms with Crippen molar-refractivity contribution in [1.29, 1.82) is 0 Å².